The SMILES string of the molecule is CC1(C(N)=O)CCN(Cc2ccc(C(N)=O)cc2N)C1. The van der Waals surface area contributed by atoms with Gasteiger partial charge in [-0.05, 0) is 37.6 Å². The van der Waals surface area contributed by atoms with Crippen molar-refractivity contribution in [2.24, 2.45) is 16.9 Å². The Morgan fingerprint density at radius 2 is 2.05 bits per heavy atom. The summed E-state index contributed by atoms with van der Waals surface area (Å²) >= 11 is 0. The normalized spacial score (nSPS) is 22.9. The molecule has 1 aliphatic heterocycles. The molecule has 6 nitrogen and oxygen atoms in total. The molecule has 1 heterocycles. The lowest BCUT2D eigenvalue weighted by Gasteiger charge is -2.21. The van der Waals surface area contributed by atoms with E-state index in [1.54, 1.807) is 18.2 Å². The Kier molecular flexibility index (Phi) is 3.67. The fourth-order valence-corrected chi connectivity index (χ4v) is 2.53. The zero-order valence-electron chi connectivity index (χ0n) is 11.6. The number of nitrogens with zero attached hydrogens (tertiary/aromatic N) is 1. The number of nitrogens with two attached hydrogens (primary N) is 3. The van der Waals surface area contributed by atoms with Crippen molar-refractivity contribution in [1.29, 1.82) is 0 Å². The van der Waals surface area contributed by atoms with Crippen molar-refractivity contribution >= 4 is 17.5 Å². The summed E-state index contributed by atoms with van der Waals surface area (Å²) in [6, 6.07) is 5.05. The van der Waals surface area contributed by atoms with E-state index in [1.165, 1.54) is 0 Å². The van der Waals surface area contributed by atoms with E-state index in [2.05, 4.69) is 4.90 Å². The third-order valence-corrected chi connectivity index (χ3v) is 3.97. The highest BCUT2D eigenvalue weighted by molar-refractivity contribution is 5.93. The molecule has 0 radical (unpaired) electrons. The summed E-state index contributed by atoms with van der Waals surface area (Å²) < 4.78 is 0. The second-order valence-corrected chi connectivity index (χ2v) is 5.66. The van der Waals surface area contributed by atoms with Crippen LogP contribution in [0.15, 0.2) is 18.2 Å². The van der Waals surface area contributed by atoms with Gasteiger partial charge in [-0.3, -0.25) is 14.5 Å². The van der Waals surface area contributed by atoms with Crippen LogP contribution in [-0.2, 0) is 11.3 Å². The van der Waals surface area contributed by atoms with Gasteiger partial charge in [0.1, 0.15) is 0 Å². The molecule has 2 rings (SSSR count). The summed E-state index contributed by atoms with van der Waals surface area (Å²) in [4.78, 5) is 24.6. The third kappa shape index (κ3) is 2.75. The topological polar surface area (TPSA) is 115 Å². The summed E-state index contributed by atoms with van der Waals surface area (Å²) in [6.45, 7) is 3.94. The summed E-state index contributed by atoms with van der Waals surface area (Å²) in [5.41, 5.74) is 18.0. The number of rotatable bonds is 4. The van der Waals surface area contributed by atoms with Gasteiger partial charge in [0.25, 0.3) is 0 Å². The first kappa shape index (κ1) is 14.3. The molecule has 6 heteroatoms. The minimum Gasteiger partial charge on any atom is -0.398 e. The van der Waals surface area contributed by atoms with Crippen molar-refractivity contribution in [1.82, 2.24) is 4.90 Å². The molecule has 0 aliphatic carbocycles. The van der Waals surface area contributed by atoms with E-state index in [9.17, 15) is 9.59 Å². The van der Waals surface area contributed by atoms with Crippen LogP contribution in [-0.4, -0.2) is 29.8 Å². The highest BCUT2D eigenvalue weighted by Crippen LogP contribution is 2.31. The zero-order chi connectivity index (χ0) is 14.9. The lowest BCUT2D eigenvalue weighted by molar-refractivity contribution is -0.126. The van der Waals surface area contributed by atoms with Crippen LogP contribution in [0, 0.1) is 5.41 Å². The third-order valence-electron chi connectivity index (χ3n) is 3.97. The molecule has 1 fully saturated rings. The van der Waals surface area contributed by atoms with Crippen LogP contribution in [0.4, 0.5) is 5.69 Å². The molecule has 20 heavy (non-hydrogen) atoms. The Hall–Kier alpha value is -2.08. The molecule has 1 aromatic rings. The van der Waals surface area contributed by atoms with Crippen molar-refractivity contribution in [3.05, 3.63) is 29.3 Å². The van der Waals surface area contributed by atoms with E-state index in [1.807, 2.05) is 6.92 Å². The molecule has 1 unspecified atom stereocenters. The van der Waals surface area contributed by atoms with Crippen molar-refractivity contribution in [3.8, 4) is 0 Å². The van der Waals surface area contributed by atoms with Crippen molar-refractivity contribution in [3.63, 3.8) is 0 Å². The lowest BCUT2D eigenvalue weighted by Crippen LogP contribution is -2.37. The molecular weight excluding hydrogens is 256 g/mol. The second-order valence-electron chi connectivity index (χ2n) is 5.66. The Morgan fingerprint density at radius 3 is 2.55 bits per heavy atom. The molecule has 6 N–H and O–H groups in total. The summed E-state index contributed by atoms with van der Waals surface area (Å²) in [5, 5.41) is 0. The van der Waals surface area contributed by atoms with E-state index in [4.69, 9.17) is 17.2 Å². The number of amides is 2. The molecular formula is C14H20N4O2. The van der Waals surface area contributed by atoms with Gasteiger partial charge in [-0.15, -0.1) is 0 Å². The van der Waals surface area contributed by atoms with Crippen LogP contribution < -0.4 is 17.2 Å². The summed E-state index contributed by atoms with van der Waals surface area (Å²) in [5.74, 6) is -0.761. The van der Waals surface area contributed by atoms with Crippen LogP contribution in [0.3, 0.4) is 0 Å². The maximum absolute atomic E-state index is 11.4. The van der Waals surface area contributed by atoms with Gasteiger partial charge in [0.2, 0.25) is 11.8 Å². The molecule has 1 aromatic carbocycles. The first-order valence-electron chi connectivity index (χ1n) is 6.52. The molecule has 2 amide bonds. The van der Waals surface area contributed by atoms with Crippen LogP contribution in [0.1, 0.15) is 29.3 Å². The summed E-state index contributed by atoms with van der Waals surface area (Å²) in [7, 11) is 0. The number of hydrogen-bond donors (Lipinski definition) is 3. The molecule has 108 valence electrons. The van der Waals surface area contributed by atoms with Crippen molar-refractivity contribution in [2.45, 2.75) is 19.9 Å². The lowest BCUT2D eigenvalue weighted by atomic mass is 9.89. The Balaban J connectivity index is 2.09. The monoisotopic (exact) mass is 276 g/mol. The molecule has 1 aliphatic rings. The Morgan fingerprint density at radius 1 is 1.35 bits per heavy atom. The van der Waals surface area contributed by atoms with E-state index >= 15 is 0 Å². The number of hydrogen-bond acceptors (Lipinski definition) is 4. The number of primary amides is 2. The molecule has 0 aromatic heterocycles. The fourth-order valence-electron chi connectivity index (χ4n) is 2.53. The number of carbonyl (C=O) groups is 2. The van der Waals surface area contributed by atoms with Crippen molar-refractivity contribution in [2.75, 3.05) is 18.8 Å². The average Bonchev–Trinajstić information content (AvgIpc) is 2.75. The quantitative estimate of drug-likeness (QED) is 0.674. The fraction of sp³-hybridized carbons (Fsp3) is 0.429. The molecule has 1 saturated heterocycles. The number of benzene rings is 1. The maximum Gasteiger partial charge on any atom is 0.248 e. The number of carbonyl (C=O) groups excluding carboxylic acids is 2. The number of nitrogen functional groups attached to an aromatic ring is 1. The second kappa shape index (κ2) is 5.13. The zero-order valence-corrected chi connectivity index (χ0v) is 11.6. The van der Waals surface area contributed by atoms with E-state index in [0.717, 1.165) is 18.5 Å². The van der Waals surface area contributed by atoms with Crippen LogP contribution in [0.25, 0.3) is 0 Å². The van der Waals surface area contributed by atoms with Crippen LogP contribution >= 0.6 is 0 Å². The molecule has 1 atom stereocenters. The highest BCUT2D eigenvalue weighted by atomic mass is 16.1. The van der Waals surface area contributed by atoms with Gasteiger partial charge in [0.15, 0.2) is 0 Å². The molecule has 0 saturated carbocycles. The average molecular weight is 276 g/mol. The minimum atomic E-state index is -0.495. The van der Waals surface area contributed by atoms with E-state index in [0.29, 0.717) is 24.3 Å². The van der Waals surface area contributed by atoms with Gasteiger partial charge in [0, 0.05) is 24.3 Å². The van der Waals surface area contributed by atoms with Gasteiger partial charge in [-0.2, -0.15) is 0 Å². The van der Waals surface area contributed by atoms with Gasteiger partial charge in [0.05, 0.1) is 5.41 Å². The van der Waals surface area contributed by atoms with Gasteiger partial charge in [-0.1, -0.05) is 6.07 Å². The van der Waals surface area contributed by atoms with E-state index < -0.39 is 11.3 Å². The number of anilines is 1. The largest absolute Gasteiger partial charge is 0.398 e. The standard InChI is InChI=1S/C14H20N4O2/c1-14(13(17)20)4-5-18(8-14)7-10-3-2-9(12(16)19)6-11(10)15/h2-3,6H,4-5,7-8,15H2,1H3,(H2,16,19)(H2,17,20). The van der Waals surface area contributed by atoms with Gasteiger partial charge >= 0.3 is 0 Å². The van der Waals surface area contributed by atoms with E-state index in [-0.39, 0.29) is 5.91 Å². The van der Waals surface area contributed by atoms with Gasteiger partial charge in [-0.25, -0.2) is 0 Å². The maximum atomic E-state index is 11.4. The predicted molar refractivity (Wildman–Crippen MR) is 76.6 cm³/mol. The molecule has 0 spiro atoms. The van der Waals surface area contributed by atoms with Gasteiger partial charge < -0.3 is 17.2 Å². The molecule has 0 bridgehead atoms. The first-order valence-corrected chi connectivity index (χ1v) is 6.52. The highest BCUT2D eigenvalue weighted by Gasteiger charge is 2.38. The van der Waals surface area contributed by atoms with Crippen molar-refractivity contribution < 1.29 is 9.59 Å². The van der Waals surface area contributed by atoms with Crippen LogP contribution in [0.5, 0.6) is 0 Å². The minimum absolute atomic E-state index is 0.267. The summed E-state index contributed by atoms with van der Waals surface area (Å²) in [6.07, 6.45) is 0.752. The Bertz CT molecular complexity index is 558. The number of likely N-dealkylation sites (tertiary alicyclic amines) is 1. The predicted octanol–water partition coefficient (Wildman–Crippen LogP) is 0.0650. The first-order chi connectivity index (χ1) is 9.32. The Labute approximate surface area is 117 Å². The van der Waals surface area contributed by atoms with Crippen LogP contribution in [0.2, 0.25) is 0 Å². The smallest absolute Gasteiger partial charge is 0.248 e.